The van der Waals surface area contributed by atoms with Crippen LogP contribution >= 0.6 is 0 Å². The fraction of sp³-hybridized carbons (Fsp3) is 0.368. The molecule has 0 spiro atoms. The van der Waals surface area contributed by atoms with Gasteiger partial charge in [0.1, 0.15) is 11.9 Å². The lowest BCUT2D eigenvalue weighted by Crippen LogP contribution is -2.27. The molecule has 3 rings (SSSR count). The van der Waals surface area contributed by atoms with Crippen LogP contribution in [0.4, 0.5) is 11.5 Å². The maximum Gasteiger partial charge on any atom is 0.254 e. The first-order valence-corrected chi connectivity index (χ1v) is 8.47. The summed E-state index contributed by atoms with van der Waals surface area (Å²) in [6, 6.07) is 14.2. The minimum atomic E-state index is -0.331. The molecule has 0 saturated carbocycles. The van der Waals surface area contributed by atoms with Crippen LogP contribution < -0.4 is 10.6 Å². The van der Waals surface area contributed by atoms with E-state index in [1.165, 1.54) is 5.56 Å². The molecular formula is C19H23N3O2. The number of pyridine rings is 1. The van der Waals surface area contributed by atoms with Crippen LogP contribution in [0.5, 0.6) is 0 Å². The third-order valence-electron chi connectivity index (χ3n) is 4.05. The molecule has 1 fully saturated rings. The highest BCUT2D eigenvalue weighted by Crippen LogP contribution is 2.15. The molecule has 5 nitrogen and oxygen atoms in total. The SMILES string of the molecule is O=C(Nc1ccc(NCCCc2ccccc2)cn1)C1CCCO1. The summed E-state index contributed by atoms with van der Waals surface area (Å²) < 4.78 is 5.36. The summed E-state index contributed by atoms with van der Waals surface area (Å²) in [5.41, 5.74) is 2.31. The minimum Gasteiger partial charge on any atom is -0.384 e. The molecule has 1 atom stereocenters. The normalized spacial score (nSPS) is 16.8. The lowest BCUT2D eigenvalue weighted by Gasteiger charge is -2.10. The maximum absolute atomic E-state index is 12.0. The molecule has 1 aliphatic rings. The largest absolute Gasteiger partial charge is 0.384 e. The van der Waals surface area contributed by atoms with Crippen LogP contribution in [0.15, 0.2) is 48.7 Å². The molecule has 2 aromatic rings. The van der Waals surface area contributed by atoms with Gasteiger partial charge < -0.3 is 15.4 Å². The van der Waals surface area contributed by atoms with Crippen LogP contribution in [0.2, 0.25) is 0 Å². The van der Waals surface area contributed by atoms with Gasteiger partial charge in [-0.1, -0.05) is 30.3 Å². The standard InChI is InChI=1S/C19H23N3O2/c23-19(17-9-5-13-24-17)22-18-11-10-16(14-21-18)20-12-4-8-15-6-2-1-3-7-15/h1-3,6-7,10-11,14,17,20H,4-5,8-9,12-13H2,(H,21,22,23). The van der Waals surface area contributed by atoms with Gasteiger partial charge in [0.15, 0.2) is 0 Å². The van der Waals surface area contributed by atoms with Crippen LogP contribution in [0.3, 0.4) is 0 Å². The number of nitrogens with one attached hydrogen (secondary N) is 2. The fourth-order valence-corrected chi connectivity index (χ4v) is 2.73. The molecule has 1 aromatic heterocycles. The molecular weight excluding hydrogens is 302 g/mol. The van der Waals surface area contributed by atoms with Crippen LogP contribution in [-0.2, 0) is 16.0 Å². The Morgan fingerprint density at radius 2 is 2.08 bits per heavy atom. The Morgan fingerprint density at radius 1 is 1.21 bits per heavy atom. The molecule has 1 aromatic carbocycles. The monoisotopic (exact) mass is 325 g/mol. The highest BCUT2D eigenvalue weighted by atomic mass is 16.5. The first-order valence-electron chi connectivity index (χ1n) is 8.47. The number of amides is 1. The second-order valence-corrected chi connectivity index (χ2v) is 5.94. The van der Waals surface area contributed by atoms with E-state index < -0.39 is 0 Å². The van der Waals surface area contributed by atoms with Crippen LogP contribution in [0.1, 0.15) is 24.8 Å². The van der Waals surface area contributed by atoms with Gasteiger partial charge in [-0.15, -0.1) is 0 Å². The van der Waals surface area contributed by atoms with Gasteiger partial charge in [-0.3, -0.25) is 4.79 Å². The van der Waals surface area contributed by atoms with Crippen molar-refractivity contribution < 1.29 is 9.53 Å². The van der Waals surface area contributed by atoms with E-state index in [4.69, 9.17) is 4.74 Å². The topological polar surface area (TPSA) is 63.2 Å². The van der Waals surface area contributed by atoms with Crippen molar-refractivity contribution >= 4 is 17.4 Å². The molecule has 1 saturated heterocycles. The van der Waals surface area contributed by atoms with E-state index >= 15 is 0 Å². The van der Waals surface area contributed by atoms with Gasteiger partial charge in [0, 0.05) is 13.2 Å². The predicted octanol–water partition coefficient (Wildman–Crippen LogP) is 3.24. The number of aromatic nitrogens is 1. The zero-order valence-electron chi connectivity index (χ0n) is 13.7. The molecule has 0 aliphatic carbocycles. The maximum atomic E-state index is 12.0. The lowest BCUT2D eigenvalue weighted by atomic mass is 10.1. The Kier molecular flexibility index (Phi) is 5.80. The lowest BCUT2D eigenvalue weighted by molar-refractivity contribution is -0.124. The average Bonchev–Trinajstić information content (AvgIpc) is 3.16. The van der Waals surface area contributed by atoms with Crippen molar-refractivity contribution in [2.75, 3.05) is 23.8 Å². The van der Waals surface area contributed by atoms with Gasteiger partial charge in [0.25, 0.3) is 5.91 Å². The molecule has 1 unspecified atom stereocenters. The summed E-state index contributed by atoms with van der Waals surface area (Å²) in [5.74, 6) is 0.453. The quantitative estimate of drug-likeness (QED) is 0.767. The Bertz CT molecular complexity index is 637. The number of nitrogens with zero attached hydrogens (tertiary/aromatic N) is 1. The molecule has 2 N–H and O–H groups in total. The number of carbonyl (C=O) groups excluding carboxylic acids is 1. The second kappa shape index (κ2) is 8.45. The molecule has 1 aliphatic heterocycles. The van der Waals surface area contributed by atoms with Crippen LogP contribution in [0.25, 0.3) is 0 Å². The van der Waals surface area contributed by atoms with E-state index in [9.17, 15) is 4.79 Å². The molecule has 2 heterocycles. The Balaban J connectivity index is 1.40. The summed E-state index contributed by atoms with van der Waals surface area (Å²) in [5, 5.41) is 6.15. The Morgan fingerprint density at radius 3 is 2.79 bits per heavy atom. The number of aryl methyl sites for hydroxylation is 1. The van der Waals surface area contributed by atoms with Crippen molar-refractivity contribution in [3.05, 3.63) is 54.2 Å². The molecule has 24 heavy (non-hydrogen) atoms. The summed E-state index contributed by atoms with van der Waals surface area (Å²) in [7, 11) is 0. The zero-order valence-corrected chi connectivity index (χ0v) is 13.7. The number of hydrogen-bond acceptors (Lipinski definition) is 4. The first-order chi connectivity index (χ1) is 11.8. The van der Waals surface area contributed by atoms with E-state index in [2.05, 4.69) is 39.9 Å². The second-order valence-electron chi connectivity index (χ2n) is 5.94. The van der Waals surface area contributed by atoms with Crippen molar-refractivity contribution in [1.82, 2.24) is 4.98 Å². The zero-order chi connectivity index (χ0) is 16.6. The van der Waals surface area contributed by atoms with Gasteiger partial charge >= 0.3 is 0 Å². The minimum absolute atomic E-state index is 0.108. The molecule has 0 bridgehead atoms. The number of ether oxygens (including phenoxy) is 1. The number of anilines is 2. The van der Waals surface area contributed by atoms with E-state index in [0.717, 1.165) is 37.9 Å². The fourth-order valence-electron chi connectivity index (χ4n) is 2.73. The molecule has 5 heteroatoms. The van der Waals surface area contributed by atoms with E-state index in [1.54, 1.807) is 6.20 Å². The number of hydrogen-bond donors (Lipinski definition) is 2. The van der Waals surface area contributed by atoms with Gasteiger partial charge in [-0.2, -0.15) is 0 Å². The number of benzene rings is 1. The smallest absolute Gasteiger partial charge is 0.254 e. The number of rotatable bonds is 7. The molecule has 126 valence electrons. The third-order valence-corrected chi connectivity index (χ3v) is 4.05. The van der Waals surface area contributed by atoms with Crippen LogP contribution in [-0.4, -0.2) is 30.1 Å². The summed E-state index contributed by atoms with van der Waals surface area (Å²) in [4.78, 5) is 16.2. The molecule has 1 amide bonds. The van der Waals surface area contributed by atoms with Crippen molar-refractivity contribution in [1.29, 1.82) is 0 Å². The third kappa shape index (κ3) is 4.80. The number of carbonyl (C=O) groups is 1. The van der Waals surface area contributed by atoms with Crippen molar-refractivity contribution in [2.24, 2.45) is 0 Å². The summed E-state index contributed by atoms with van der Waals surface area (Å²) in [6.45, 7) is 1.55. The average molecular weight is 325 g/mol. The van der Waals surface area contributed by atoms with E-state index in [-0.39, 0.29) is 12.0 Å². The summed E-state index contributed by atoms with van der Waals surface area (Å²) in [6.07, 6.45) is 5.25. The van der Waals surface area contributed by atoms with Crippen molar-refractivity contribution in [2.45, 2.75) is 31.8 Å². The Labute approximate surface area is 142 Å². The van der Waals surface area contributed by atoms with Gasteiger partial charge in [-0.05, 0) is 43.4 Å². The van der Waals surface area contributed by atoms with Gasteiger partial charge in [0.05, 0.1) is 11.9 Å². The Hall–Kier alpha value is -2.40. The first kappa shape index (κ1) is 16.5. The predicted molar refractivity (Wildman–Crippen MR) is 95.1 cm³/mol. The highest BCUT2D eigenvalue weighted by molar-refractivity contribution is 5.93. The van der Waals surface area contributed by atoms with E-state index in [0.29, 0.717) is 12.4 Å². The van der Waals surface area contributed by atoms with Gasteiger partial charge in [-0.25, -0.2) is 4.98 Å². The molecule has 0 radical (unpaired) electrons. The summed E-state index contributed by atoms with van der Waals surface area (Å²) >= 11 is 0. The highest BCUT2D eigenvalue weighted by Gasteiger charge is 2.23. The van der Waals surface area contributed by atoms with E-state index in [1.807, 2.05) is 18.2 Å². The van der Waals surface area contributed by atoms with Crippen molar-refractivity contribution in [3.63, 3.8) is 0 Å². The van der Waals surface area contributed by atoms with Gasteiger partial charge in [0.2, 0.25) is 0 Å². The van der Waals surface area contributed by atoms with Crippen LogP contribution in [0, 0.1) is 0 Å². The van der Waals surface area contributed by atoms with Crippen molar-refractivity contribution in [3.8, 4) is 0 Å².